The number of carbonyl (C=O) groups is 1. The second-order valence-electron chi connectivity index (χ2n) is 11.7. The van der Waals surface area contributed by atoms with E-state index in [2.05, 4.69) is 25.2 Å². The molecule has 1 N–H and O–H groups in total. The lowest BCUT2D eigenvalue weighted by atomic mass is 10.2. The Hall–Kier alpha value is -4.35. The van der Waals surface area contributed by atoms with Crippen molar-refractivity contribution in [3.05, 3.63) is 81.5 Å². The Morgan fingerprint density at radius 2 is 1.77 bits per heavy atom. The Bertz CT molecular complexity index is 1930. The maximum Gasteiger partial charge on any atom is 0.410 e. The van der Waals surface area contributed by atoms with Crippen LogP contribution in [0.5, 0.6) is 0 Å². The Balaban J connectivity index is 1.12. The quantitative estimate of drug-likeness (QED) is 0.274. The van der Waals surface area contributed by atoms with E-state index in [0.29, 0.717) is 39.7 Å². The van der Waals surface area contributed by atoms with Gasteiger partial charge in [0, 0.05) is 49.1 Å². The number of ether oxygens (including phenoxy) is 1. The molecule has 2 aromatic carbocycles. The van der Waals surface area contributed by atoms with Gasteiger partial charge in [-0.05, 0) is 63.6 Å². The number of benzene rings is 2. The summed E-state index contributed by atoms with van der Waals surface area (Å²) in [6.45, 7) is 7.07. The Morgan fingerprint density at radius 1 is 1.02 bits per heavy atom. The molecule has 0 spiro atoms. The zero-order valence-electron chi connectivity index (χ0n) is 23.7. The average molecular weight is 620 g/mol. The van der Waals surface area contributed by atoms with E-state index in [4.69, 9.17) is 27.9 Å². The van der Waals surface area contributed by atoms with Crippen molar-refractivity contribution >= 4 is 63.4 Å². The van der Waals surface area contributed by atoms with Gasteiger partial charge >= 0.3 is 6.09 Å². The van der Waals surface area contributed by atoms with Gasteiger partial charge in [-0.15, -0.1) is 0 Å². The number of aromatic nitrogens is 5. The molecule has 2 fully saturated rings. The van der Waals surface area contributed by atoms with Crippen LogP contribution in [0.3, 0.4) is 0 Å². The second kappa shape index (κ2) is 10.1. The molecule has 0 unspecified atom stereocenters. The van der Waals surface area contributed by atoms with Crippen LogP contribution < -0.4 is 15.8 Å². The molecule has 7 rings (SSSR count). The standard InChI is InChI=1S/C30H28Cl2N8O3/c1-30(2,3)43-29(42)39-16-19-13-20(39)15-38(19)18-9-7-17(8-10-18)35-27-34-14-21-25(36-27)37-12-11-33-28(37)40(26(21)41)24-22(31)5-4-6-23(24)32/h4-12,14,19-20H,13,15-16H2,1-3H3,(H,34,35,36)/t19-,20-/m1/s1. The number of likely N-dealkylation sites (tertiary alicyclic amines) is 1. The first kappa shape index (κ1) is 27.5. The van der Waals surface area contributed by atoms with Crippen LogP contribution in [0.4, 0.5) is 22.1 Å². The first-order chi connectivity index (χ1) is 20.6. The minimum absolute atomic E-state index is 0.141. The maximum atomic E-state index is 13.6. The van der Waals surface area contributed by atoms with Gasteiger partial charge in [0.2, 0.25) is 11.7 Å². The fourth-order valence-corrected chi connectivity index (χ4v) is 6.47. The Kier molecular flexibility index (Phi) is 6.48. The molecule has 2 bridgehead atoms. The van der Waals surface area contributed by atoms with Gasteiger partial charge in [0.25, 0.3) is 5.56 Å². The zero-order chi connectivity index (χ0) is 30.0. The molecule has 5 heterocycles. The monoisotopic (exact) mass is 618 g/mol. The summed E-state index contributed by atoms with van der Waals surface area (Å²) in [7, 11) is 0. The van der Waals surface area contributed by atoms with Crippen LogP contribution in [0.2, 0.25) is 10.0 Å². The molecule has 5 aromatic rings. The van der Waals surface area contributed by atoms with Gasteiger partial charge in [-0.25, -0.2) is 19.3 Å². The first-order valence-corrected chi connectivity index (χ1v) is 14.7. The molecule has 1 amide bonds. The molecule has 220 valence electrons. The van der Waals surface area contributed by atoms with E-state index in [-0.39, 0.29) is 29.1 Å². The van der Waals surface area contributed by atoms with E-state index in [1.54, 1.807) is 35.0 Å². The molecule has 3 aromatic heterocycles. The molecular weight excluding hydrogens is 591 g/mol. The van der Waals surface area contributed by atoms with E-state index in [0.717, 1.165) is 24.3 Å². The summed E-state index contributed by atoms with van der Waals surface area (Å²) < 4.78 is 8.67. The summed E-state index contributed by atoms with van der Waals surface area (Å²) in [5.74, 6) is 0.656. The molecule has 0 aliphatic carbocycles. The highest BCUT2D eigenvalue weighted by Crippen LogP contribution is 2.36. The highest BCUT2D eigenvalue weighted by molar-refractivity contribution is 6.37. The van der Waals surface area contributed by atoms with Crippen molar-refractivity contribution in [2.75, 3.05) is 23.3 Å². The third kappa shape index (κ3) is 4.82. The predicted octanol–water partition coefficient (Wildman–Crippen LogP) is 5.68. The minimum atomic E-state index is -0.509. The first-order valence-electron chi connectivity index (χ1n) is 13.9. The number of para-hydroxylation sites is 1. The number of hydrogen-bond donors (Lipinski definition) is 1. The summed E-state index contributed by atoms with van der Waals surface area (Å²) in [4.78, 5) is 43.9. The highest BCUT2D eigenvalue weighted by Gasteiger charge is 2.46. The van der Waals surface area contributed by atoms with Crippen molar-refractivity contribution in [2.24, 2.45) is 0 Å². The van der Waals surface area contributed by atoms with Gasteiger partial charge in [0.1, 0.15) is 11.0 Å². The van der Waals surface area contributed by atoms with Gasteiger partial charge in [0.05, 0.1) is 21.8 Å². The maximum absolute atomic E-state index is 13.6. The van der Waals surface area contributed by atoms with Gasteiger partial charge < -0.3 is 19.9 Å². The molecular formula is C30H28Cl2N8O3. The summed E-state index contributed by atoms with van der Waals surface area (Å²) >= 11 is 12.9. The number of piperazine rings is 1. The lowest BCUT2D eigenvalue weighted by Crippen LogP contribution is -2.50. The third-order valence-corrected chi connectivity index (χ3v) is 8.35. The number of rotatable bonds is 4. The van der Waals surface area contributed by atoms with Crippen LogP contribution in [0, 0.1) is 0 Å². The summed E-state index contributed by atoms with van der Waals surface area (Å²) in [5.41, 5.74) is 1.73. The van der Waals surface area contributed by atoms with Gasteiger partial charge in [-0.3, -0.25) is 9.20 Å². The molecule has 43 heavy (non-hydrogen) atoms. The normalized spacial score (nSPS) is 18.2. The van der Waals surface area contributed by atoms with Crippen molar-refractivity contribution in [1.29, 1.82) is 0 Å². The second-order valence-corrected chi connectivity index (χ2v) is 12.6. The highest BCUT2D eigenvalue weighted by atomic mass is 35.5. The fourth-order valence-electron chi connectivity index (χ4n) is 5.90. The number of fused-ring (bicyclic) bond motifs is 5. The van der Waals surface area contributed by atoms with Gasteiger partial charge in [-0.2, -0.15) is 4.98 Å². The number of amides is 1. The minimum Gasteiger partial charge on any atom is -0.444 e. The van der Waals surface area contributed by atoms with Gasteiger partial charge in [0.15, 0.2) is 5.65 Å². The number of imidazole rings is 1. The van der Waals surface area contributed by atoms with Crippen LogP contribution >= 0.6 is 23.2 Å². The molecule has 0 radical (unpaired) electrons. The van der Waals surface area contributed by atoms with Crippen molar-refractivity contribution in [3.63, 3.8) is 0 Å². The zero-order valence-corrected chi connectivity index (χ0v) is 25.2. The molecule has 0 saturated carbocycles. The molecule has 2 aliphatic heterocycles. The number of halogens is 2. The topological polar surface area (TPSA) is 110 Å². The van der Waals surface area contributed by atoms with E-state index in [1.165, 1.54) is 10.8 Å². The lowest BCUT2D eigenvalue weighted by Gasteiger charge is -2.36. The van der Waals surface area contributed by atoms with E-state index < -0.39 is 5.60 Å². The van der Waals surface area contributed by atoms with Crippen LogP contribution in [0.25, 0.3) is 22.5 Å². The SMILES string of the molecule is CC(C)(C)OC(=O)N1C[C@H]2C[C@@H]1CN2c1ccc(Nc2ncc3c(=O)n(-c4c(Cl)cccc4Cl)c4nccn4c3n2)cc1. The predicted molar refractivity (Wildman–Crippen MR) is 166 cm³/mol. The molecule has 11 nitrogen and oxygen atoms in total. The largest absolute Gasteiger partial charge is 0.444 e. The van der Waals surface area contributed by atoms with Crippen LogP contribution in [-0.2, 0) is 4.74 Å². The number of nitrogens with zero attached hydrogens (tertiary/aromatic N) is 7. The van der Waals surface area contributed by atoms with Crippen molar-refractivity contribution in [3.8, 4) is 5.69 Å². The number of anilines is 3. The van der Waals surface area contributed by atoms with Crippen molar-refractivity contribution < 1.29 is 9.53 Å². The van der Waals surface area contributed by atoms with Crippen LogP contribution in [-0.4, -0.2) is 65.7 Å². The lowest BCUT2D eigenvalue weighted by molar-refractivity contribution is 0.0214. The summed E-state index contributed by atoms with van der Waals surface area (Å²) in [6.07, 6.45) is 5.48. The third-order valence-electron chi connectivity index (χ3n) is 7.74. The molecule has 2 aliphatic rings. The molecule has 2 saturated heterocycles. The van der Waals surface area contributed by atoms with Crippen LogP contribution in [0.15, 0.2) is 65.8 Å². The molecule has 2 atom stereocenters. The fraction of sp³-hybridized carbons (Fsp3) is 0.300. The Labute approximate surface area is 256 Å². The number of carbonyl (C=O) groups excluding carboxylic acids is 1. The van der Waals surface area contributed by atoms with Crippen molar-refractivity contribution in [2.45, 2.75) is 44.9 Å². The summed E-state index contributed by atoms with van der Waals surface area (Å²) in [6, 6.07) is 13.5. The average Bonchev–Trinajstić information content (AvgIpc) is 3.71. The van der Waals surface area contributed by atoms with Gasteiger partial charge in [-0.1, -0.05) is 29.3 Å². The van der Waals surface area contributed by atoms with E-state index >= 15 is 0 Å². The summed E-state index contributed by atoms with van der Waals surface area (Å²) in [5, 5.41) is 4.17. The van der Waals surface area contributed by atoms with Crippen LogP contribution in [0.1, 0.15) is 27.2 Å². The van der Waals surface area contributed by atoms with Crippen molar-refractivity contribution in [1.82, 2.24) is 28.8 Å². The molecule has 13 heteroatoms. The number of hydrogen-bond acceptors (Lipinski definition) is 8. The smallest absolute Gasteiger partial charge is 0.410 e. The van der Waals surface area contributed by atoms with E-state index in [9.17, 15) is 9.59 Å². The van der Waals surface area contributed by atoms with E-state index in [1.807, 2.05) is 49.9 Å². The Morgan fingerprint density at radius 3 is 2.44 bits per heavy atom. The number of nitrogens with one attached hydrogen (secondary N) is 1.